The van der Waals surface area contributed by atoms with E-state index >= 15 is 0 Å². The van der Waals surface area contributed by atoms with Gasteiger partial charge in [0.2, 0.25) is 0 Å². The standard InChI is InChI=1S/C15H12FNO3/c16-14-5-4-13(9-11(14)3-1-2-7-18)17-15(19)12-6-8-20-10-12/h4-6,8-10,18H,2,7H2,(H,17,19). The van der Waals surface area contributed by atoms with Gasteiger partial charge in [-0.2, -0.15) is 0 Å². The van der Waals surface area contributed by atoms with E-state index in [1.54, 1.807) is 0 Å². The average Bonchev–Trinajstić information content (AvgIpc) is 2.96. The Bertz CT molecular complexity index is 653. The molecule has 1 amide bonds. The van der Waals surface area contributed by atoms with E-state index in [9.17, 15) is 9.18 Å². The molecule has 5 heteroatoms. The van der Waals surface area contributed by atoms with Gasteiger partial charge in [-0.1, -0.05) is 11.8 Å². The number of rotatable bonds is 3. The maximum Gasteiger partial charge on any atom is 0.258 e. The van der Waals surface area contributed by atoms with Gasteiger partial charge in [0.25, 0.3) is 5.91 Å². The largest absolute Gasteiger partial charge is 0.472 e. The fraction of sp³-hybridized carbons (Fsp3) is 0.133. The van der Waals surface area contributed by atoms with Gasteiger partial charge in [-0.25, -0.2) is 4.39 Å². The van der Waals surface area contributed by atoms with Gasteiger partial charge in [-0.05, 0) is 24.3 Å². The Hall–Kier alpha value is -2.58. The third-order valence-electron chi connectivity index (χ3n) is 2.47. The van der Waals surface area contributed by atoms with Gasteiger partial charge in [-0.15, -0.1) is 0 Å². The summed E-state index contributed by atoms with van der Waals surface area (Å²) < 4.78 is 18.3. The highest BCUT2D eigenvalue weighted by Gasteiger charge is 2.08. The number of aliphatic hydroxyl groups is 1. The molecule has 0 saturated heterocycles. The SMILES string of the molecule is O=C(Nc1ccc(F)c(C#CCCO)c1)c1ccoc1. The van der Waals surface area contributed by atoms with Crippen LogP contribution >= 0.6 is 0 Å². The summed E-state index contributed by atoms with van der Waals surface area (Å²) in [6.07, 6.45) is 2.98. The van der Waals surface area contributed by atoms with Crippen LogP contribution < -0.4 is 5.32 Å². The molecule has 0 atom stereocenters. The van der Waals surface area contributed by atoms with Crippen molar-refractivity contribution in [1.82, 2.24) is 0 Å². The molecule has 4 nitrogen and oxygen atoms in total. The van der Waals surface area contributed by atoms with Gasteiger partial charge in [0.15, 0.2) is 0 Å². The zero-order valence-electron chi connectivity index (χ0n) is 10.5. The summed E-state index contributed by atoms with van der Waals surface area (Å²) in [6, 6.07) is 5.65. The van der Waals surface area contributed by atoms with Gasteiger partial charge in [0, 0.05) is 12.1 Å². The highest BCUT2D eigenvalue weighted by atomic mass is 19.1. The van der Waals surface area contributed by atoms with Crippen LogP contribution in [0.25, 0.3) is 0 Å². The van der Waals surface area contributed by atoms with E-state index in [0.717, 1.165) is 0 Å². The molecule has 0 saturated carbocycles. The lowest BCUT2D eigenvalue weighted by Gasteiger charge is -2.04. The van der Waals surface area contributed by atoms with Crippen molar-refractivity contribution in [3.05, 3.63) is 53.7 Å². The molecule has 1 heterocycles. The molecule has 0 spiro atoms. The van der Waals surface area contributed by atoms with E-state index in [4.69, 9.17) is 9.52 Å². The fourth-order valence-electron chi connectivity index (χ4n) is 1.51. The van der Waals surface area contributed by atoms with Gasteiger partial charge >= 0.3 is 0 Å². The quantitative estimate of drug-likeness (QED) is 0.844. The van der Waals surface area contributed by atoms with Crippen molar-refractivity contribution < 1.29 is 18.7 Å². The summed E-state index contributed by atoms with van der Waals surface area (Å²) in [6.45, 7) is -0.0778. The Kier molecular flexibility index (Phi) is 4.53. The minimum absolute atomic E-state index is 0.0778. The maximum atomic E-state index is 13.5. The van der Waals surface area contributed by atoms with Crippen molar-refractivity contribution in [1.29, 1.82) is 0 Å². The van der Waals surface area contributed by atoms with Crippen LogP contribution in [0.5, 0.6) is 0 Å². The number of benzene rings is 1. The van der Waals surface area contributed by atoms with E-state index in [-0.39, 0.29) is 24.5 Å². The summed E-state index contributed by atoms with van der Waals surface area (Å²) in [5.41, 5.74) is 0.983. The molecule has 2 N–H and O–H groups in total. The van der Waals surface area contributed by atoms with Crippen molar-refractivity contribution >= 4 is 11.6 Å². The topological polar surface area (TPSA) is 62.5 Å². The van der Waals surface area contributed by atoms with E-state index in [1.807, 2.05) is 0 Å². The van der Waals surface area contributed by atoms with E-state index in [1.165, 1.54) is 36.8 Å². The van der Waals surface area contributed by atoms with Crippen LogP contribution in [0, 0.1) is 17.7 Å². The monoisotopic (exact) mass is 273 g/mol. The maximum absolute atomic E-state index is 13.5. The highest BCUT2D eigenvalue weighted by molar-refractivity contribution is 6.04. The second-order valence-electron chi connectivity index (χ2n) is 3.94. The summed E-state index contributed by atoms with van der Waals surface area (Å²) >= 11 is 0. The lowest BCUT2D eigenvalue weighted by Crippen LogP contribution is -2.11. The van der Waals surface area contributed by atoms with Crippen LogP contribution in [-0.4, -0.2) is 17.6 Å². The molecular weight excluding hydrogens is 261 g/mol. The average molecular weight is 273 g/mol. The van der Waals surface area contributed by atoms with Crippen LogP contribution in [0.1, 0.15) is 22.3 Å². The number of carbonyl (C=O) groups excluding carboxylic acids is 1. The van der Waals surface area contributed by atoms with Crippen LogP contribution in [0.4, 0.5) is 10.1 Å². The van der Waals surface area contributed by atoms with Crippen LogP contribution in [0.15, 0.2) is 41.2 Å². The van der Waals surface area contributed by atoms with Crippen LogP contribution in [0.2, 0.25) is 0 Å². The zero-order valence-corrected chi connectivity index (χ0v) is 10.5. The number of furan rings is 1. The molecule has 0 fully saturated rings. The van der Waals surface area contributed by atoms with Crippen molar-refractivity contribution in [2.45, 2.75) is 6.42 Å². The Morgan fingerprint density at radius 3 is 2.95 bits per heavy atom. The normalized spacial score (nSPS) is 9.70. The summed E-state index contributed by atoms with van der Waals surface area (Å²) in [5.74, 6) is 4.42. The first kappa shape index (κ1) is 13.8. The van der Waals surface area contributed by atoms with E-state index in [0.29, 0.717) is 11.3 Å². The second kappa shape index (κ2) is 6.55. The van der Waals surface area contributed by atoms with Crippen LogP contribution in [-0.2, 0) is 0 Å². The Morgan fingerprint density at radius 2 is 2.25 bits per heavy atom. The molecule has 20 heavy (non-hydrogen) atoms. The zero-order chi connectivity index (χ0) is 14.4. The van der Waals surface area contributed by atoms with Gasteiger partial charge in [0.1, 0.15) is 12.1 Å². The minimum Gasteiger partial charge on any atom is -0.472 e. The number of aliphatic hydroxyl groups excluding tert-OH is 1. The molecule has 102 valence electrons. The molecule has 1 aromatic heterocycles. The third-order valence-corrected chi connectivity index (χ3v) is 2.47. The summed E-state index contributed by atoms with van der Waals surface area (Å²) in [7, 11) is 0. The molecule has 0 unspecified atom stereocenters. The van der Waals surface area contributed by atoms with Gasteiger partial charge in [0.05, 0.1) is 24.0 Å². The fourth-order valence-corrected chi connectivity index (χ4v) is 1.51. The molecule has 0 aliphatic heterocycles. The predicted octanol–water partition coefficient (Wildman–Crippen LogP) is 2.40. The Balaban J connectivity index is 2.15. The van der Waals surface area contributed by atoms with Crippen molar-refractivity contribution in [2.24, 2.45) is 0 Å². The molecule has 2 rings (SSSR count). The van der Waals surface area contributed by atoms with Crippen molar-refractivity contribution in [2.75, 3.05) is 11.9 Å². The molecule has 0 aliphatic rings. The molecule has 2 aromatic rings. The predicted molar refractivity (Wildman–Crippen MR) is 71.6 cm³/mol. The number of carbonyl (C=O) groups is 1. The smallest absolute Gasteiger partial charge is 0.258 e. The van der Waals surface area contributed by atoms with Crippen molar-refractivity contribution in [3.8, 4) is 11.8 Å². The Morgan fingerprint density at radius 1 is 1.40 bits per heavy atom. The lowest BCUT2D eigenvalue weighted by atomic mass is 10.1. The first-order chi connectivity index (χ1) is 9.70. The number of nitrogens with one attached hydrogen (secondary N) is 1. The van der Waals surface area contributed by atoms with Crippen molar-refractivity contribution in [3.63, 3.8) is 0 Å². The minimum atomic E-state index is -0.475. The number of hydrogen-bond acceptors (Lipinski definition) is 3. The van der Waals surface area contributed by atoms with Gasteiger partial charge in [-0.3, -0.25) is 4.79 Å². The number of amides is 1. The third kappa shape index (κ3) is 3.46. The second-order valence-corrected chi connectivity index (χ2v) is 3.94. The lowest BCUT2D eigenvalue weighted by molar-refractivity contribution is 0.102. The first-order valence-corrected chi connectivity index (χ1v) is 5.93. The molecule has 0 aliphatic carbocycles. The molecule has 1 aromatic carbocycles. The van der Waals surface area contributed by atoms with Crippen LogP contribution in [0.3, 0.4) is 0 Å². The Labute approximate surface area is 115 Å². The highest BCUT2D eigenvalue weighted by Crippen LogP contribution is 2.15. The summed E-state index contributed by atoms with van der Waals surface area (Å²) in [4.78, 5) is 11.8. The molecule has 0 bridgehead atoms. The molecular formula is C15H12FNO3. The molecule has 0 radical (unpaired) electrons. The number of anilines is 1. The number of halogens is 1. The van der Waals surface area contributed by atoms with E-state index < -0.39 is 5.82 Å². The first-order valence-electron chi connectivity index (χ1n) is 5.93. The summed E-state index contributed by atoms with van der Waals surface area (Å²) in [5, 5.41) is 11.3. The number of hydrogen-bond donors (Lipinski definition) is 2. The van der Waals surface area contributed by atoms with E-state index in [2.05, 4.69) is 17.2 Å². The van der Waals surface area contributed by atoms with Gasteiger partial charge < -0.3 is 14.8 Å².